The minimum Gasteiger partial charge on any atom is -0.491 e. The number of alkyl halides is 3. The van der Waals surface area contributed by atoms with E-state index in [2.05, 4.69) is 15.3 Å². The van der Waals surface area contributed by atoms with Gasteiger partial charge in [0.2, 0.25) is 0 Å². The van der Waals surface area contributed by atoms with Crippen LogP contribution in [-0.4, -0.2) is 41.6 Å². The fraction of sp³-hybridized carbons (Fsp3) is 0.250. The van der Waals surface area contributed by atoms with E-state index in [0.717, 1.165) is 21.9 Å². The van der Waals surface area contributed by atoms with Gasteiger partial charge in [0.25, 0.3) is 5.91 Å². The highest BCUT2D eigenvalue weighted by molar-refractivity contribution is 7.17. The smallest absolute Gasteiger partial charge is 0.416 e. The number of nitrogens with one attached hydrogen (secondary N) is 2. The molecule has 1 aromatic carbocycles. The van der Waals surface area contributed by atoms with E-state index >= 15 is 0 Å². The predicted molar refractivity (Wildman–Crippen MR) is 129 cm³/mol. The average molecular weight is 504 g/mol. The summed E-state index contributed by atoms with van der Waals surface area (Å²) in [4.78, 5) is 21.6. The van der Waals surface area contributed by atoms with Crippen molar-refractivity contribution < 1.29 is 22.7 Å². The number of hydrogen-bond acceptors (Lipinski definition) is 6. The molecule has 4 rings (SSSR count). The molecule has 3 heterocycles. The number of hydrogen-bond donors (Lipinski definition) is 4. The molecule has 35 heavy (non-hydrogen) atoms. The molecule has 0 bridgehead atoms. The van der Waals surface area contributed by atoms with Gasteiger partial charge in [0.15, 0.2) is 0 Å². The van der Waals surface area contributed by atoms with Crippen LogP contribution < -0.4 is 21.5 Å². The number of benzene rings is 1. The molecule has 3 aromatic heterocycles. The lowest BCUT2D eigenvalue weighted by molar-refractivity contribution is -0.138. The Balaban J connectivity index is 1.61. The summed E-state index contributed by atoms with van der Waals surface area (Å²) in [7, 11) is 0. The van der Waals surface area contributed by atoms with Crippen molar-refractivity contribution in [3.63, 3.8) is 0 Å². The standard InChI is InChI=1S/C24H24F3N5O2S/c25-24(26,27)18-4-2-1-3-14(18)11-15(13-29)32-23(33)21-19(34-10-7-28)12-20(35-21)16-5-8-30-22-17(16)6-9-31-22/h1-6,8-9,12,15H,7,10-11,13,28-29H2,(H,30,31)(H,32,33)/t15-/m0/s1. The molecule has 0 spiro atoms. The van der Waals surface area contributed by atoms with Crippen LogP contribution in [0, 0.1) is 0 Å². The van der Waals surface area contributed by atoms with Crippen LogP contribution in [0.15, 0.2) is 54.9 Å². The topological polar surface area (TPSA) is 119 Å². The third-order valence-corrected chi connectivity index (χ3v) is 6.56. The van der Waals surface area contributed by atoms with Gasteiger partial charge in [-0.2, -0.15) is 13.2 Å². The summed E-state index contributed by atoms with van der Waals surface area (Å²) < 4.78 is 45.9. The highest BCUT2D eigenvalue weighted by Gasteiger charge is 2.33. The number of carbonyl (C=O) groups is 1. The molecule has 1 amide bonds. The first kappa shape index (κ1) is 24.7. The van der Waals surface area contributed by atoms with Crippen LogP contribution in [-0.2, 0) is 12.6 Å². The Morgan fingerprint density at radius 3 is 2.74 bits per heavy atom. The zero-order chi connectivity index (χ0) is 25.0. The molecule has 0 saturated heterocycles. The fourth-order valence-electron chi connectivity index (χ4n) is 3.80. The maximum absolute atomic E-state index is 13.4. The van der Waals surface area contributed by atoms with Gasteiger partial charge < -0.3 is 26.5 Å². The van der Waals surface area contributed by atoms with Crippen molar-refractivity contribution in [2.24, 2.45) is 11.5 Å². The Kier molecular flexibility index (Phi) is 7.39. The number of rotatable bonds is 9. The second kappa shape index (κ2) is 10.5. The Bertz CT molecular complexity index is 1320. The average Bonchev–Trinajstić information content (AvgIpc) is 3.49. The predicted octanol–water partition coefficient (Wildman–Crippen LogP) is 3.95. The number of nitrogens with two attached hydrogens (primary N) is 2. The first-order valence-corrected chi connectivity index (χ1v) is 11.7. The molecule has 4 aromatic rings. The van der Waals surface area contributed by atoms with E-state index < -0.39 is 23.7 Å². The third-order valence-electron chi connectivity index (χ3n) is 5.41. The number of amides is 1. The molecule has 1 atom stereocenters. The lowest BCUT2D eigenvalue weighted by atomic mass is 9.99. The molecule has 7 nitrogen and oxygen atoms in total. The van der Waals surface area contributed by atoms with Crippen LogP contribution >= 0.6 is 11.3 Å². The molecule has 11 heteroatoms. The summed E-state index contributed by atoms with van der Waals surface area (Å²) in [5.41, 5.74) is 12.3. The molecule has 6 N–H and O–H groups in total. The first-order valence-electron chi connectivity index (χ1n) is 10.9. The van der Waals surface area contributed by atoms with E-state index in [1.165, 1.54) is 29.5 Å². The summed E-state index contributed by atoms with van der Waals surface area (Å²) in [6.45, 7) is 0.415. The van der Waals surface area contributed by atoms with Crippen molar-refractivity contribution in [3.05, 3.63) is 70.9 Å². The van der Waals surface area contributed by atoms with Gasteiger partial charge >= 0.3 is 6.18 Å². The molecular weight excluding hydrogens is 479 g/mol. The first-order chi connectivity index (χ1) is 16.8. The number of aromatic amines is 1. The lowest BCUT2D eigenvalue weighted by Gasteiger charge is -2.20. The van der Waals surface area contributed by atoms with E-state index in [4.69, 9.17) is 16.2 Å². The van der Waals surface area contributed by atoms with Crippen LogP contribution in [0.25, 0.3) is 21.5 Å². The van der Waals surface area contributed by atoms with Crippen LogP contribution in [0.5, 0.6) is 5.75 Å². The fourth-order valence-corrected chi connectivity index (χ4v) is 4.85. The zero-order valence-corrected chi connectivity index (χ0v) is 19.4. The maximum atomic E-state index is 13.4. The van der Waals surface area contributed by atoms with Gasteiger partial charge in [0.1, 0.15) is 22.9 Å². The second-order valence-electron chi connectivity index (χ2n) is 7.80. The van der Waals surface area contributed by atoms with Crippen molar-refractivity contribution in [3.8, 4) is 16.2 Å². The lowest BCUT2D eigenvalue weighted by Crippen LogP contribution is -2.42. The number of nitrogens with zero attached hydrogens (tertiary/aromatic N) is 1. The van der Waals surface area contributed by atoms with Gasteiger partial charge in [-0.05, 0) is 36.2 Å². The van der Waals surface area contributed by atoms with E-state index in [-0.39, 0.29) is 36.6 Å². The largest absolute Gasteiger partial charge is 0.491 e. The van der Waals surface area contributed by atoms with Crippen molar-refractivity contribution in [2.45, 2.75) is 18.6 Å². The van der Waals surface area contributed by atoms with E-state index in [1.807, 2.05) is 12.1 Å². The molecule has 0 fully saturated rings. The second-order valence-corrected chi connectivity index (χ2v) is 8.86. The highest BCUT2D eigenvalue weighted by atomic mass is 32.1. The van der Waals surface area contributed by atoms with Crippen LogP contribution in [0.2, 0.25) is 0 Å². The molecule has 0 unspecified atom stereocenters. The Hall–Kier alpha value is -3.41. The summed E-state index contributed by atoms with van der Waals surface area (Å²) in [5, 5.41) is 3.66. The van der Waals surface area contributed by atoms with Gasteiger partial charge in [-0.1, -0.05) is 18.2 Å². The number of thiophene rings is 1. The molecule has 0 aliphatic heterocycles. The Morgan fingerprint density at radius 1 is 1.20 bits per heavy atom. The number of fused-ring (bicyclic) bond motifs is 1. The highest BCUT2D eigenvalue weighted by Crippen LogP contribution is 2.39. The summed E-state index contributed by atoms with van der Waals surface area (Å²) in [5.74, 6) is -0.132. The van der Waals surface area contributed by atoms with Crippen LogP contribution in [0.3, 0.4) is 0 Å². The molecule has 0 saturated carbocycles. The normalized spacial score (nSPS) is 12.6. The summed E-state index contributed by atoms with van der Waals surface area (Å²) >= 11 is 1.22. The quantitative estimate of drug-likeness (QED) is 0.276. The van der Waals surface area contributed by atoms with Crippen molar-refractivity contribution in [1.29, 1.82) is 0 Å². The van der Waals surface area contributed by atoms with Crippen LogP contribution in [0.4, 0.5) is 13.2 Å². The van der Waals surface area contributed by atoms with Crippen LogP contribution in [0.1, 0.15) is 20.8 Å². The number of ether oxygens (including phenoxy) is 1. The third kappa shape index (κ3) is 5.47. The monoisotopic (exact) mass is 503 g/mol. The summed E-state index contributed by atoms with van der Waals surface area (Å²) in [6, 6.07) is 10.0. The van der Waals surface area contributed by atoms with Crippen molar-refractivity contribution >= 4 is 28.3 Å². The molecule has 0 radical (unpaired) electrons. The van der Waals surface area contributed by atoms with Crippen molar-refractivity contribution in [1.82, 2.24) is 15.3 Å². The number of H-pyrrole nitrogens is 1. The van der Waals surface area contributed by atoms with Gasteiger partial charge in [0.05, 0.1) is 5.56 Å². The van der Waals surface area contributed by atoms with Gasteiger partial charge in [-0.3, -0.25) is 4.79 Å². The van der Waals surface area contributed by atoms with E-state index in [0.29, 0.717) is 11.4 Å². The molecule has 0 aliphatic carbocycles. The maximum Gasteiger partial charge on any atom is 0.416 e. The molecule has 184 valence electrons. The van der Waals surface area contributed by atoms with E-state index in [9.17, 15) is 18.0 Å². The minimum atomic E-state index is -4.50. The Morgan fingerprint density at radius 2 is 2.00 bits per heavy atom. The number of pyridine rings is 1. The number of carbonyl (C=O) groups excluding carboxylic acids is 1. The molecular formula is C24H24F3N5O2S. The van der Waals surface area contributed by atoms with E-state index in [1.54, 1.807) is 18.5 Å². The van der Waals surface area contributed by atoms with Gasteiger partial charge in [0, 0.05) is 47.4 Å². The summed E-state index contributed by atoms with van der Waals surface area (Å²) in [6.07, 6.45) is -1.13. The molecule has 0 aliphatic rings. The number of halogens is 3. The zero-order valence-electron chi connectivity index (χ0n) is 18.6. The minimum absolute atomic E-state index is 0.0382. The number of aromatic nitrogens is 2. The SMILES string of the molecule is NCCOc1cc(-c2ccnc3[nH]ccc23)sc1C(=O)N[C@H](CN)Cc1ccccc1C(F)(F)F. The van der Waals surface area contributed by atoms with Gasteiger partial charge in [-0.25, -0.2) is 4.98 Å². The van der Waals surface area contributed by atoms with Gasteiger partial charge in [-0.15, -0.1) is 11.3 Å². The Labute approximate surface area is 203 Å². The van der Waals surface area contributed by atoms with Crippen molar-refractivity contribution in [2.75, 3.05) is 19.7 Å².